The molecule has 1 aliphatic heterocycles. The fourth-order valence-corrected chi connectivity index (χ4v) is 3.06. The fraction of sp³-hybridized carbons (Fsp3) is 0.333. The first-order chi connectivity index (χ1) is 13.1. The molecule has 2 amide bonds. The number of hydrogen-bond acceptors (Lipinski definition) is 4. The van der Waals surface area contributed by atoms with Gasteiger partial charge in [0.2, 0.25) is 5.91 Å². The molecule has 0 unspecified atom stereocenters. The Hall–Kier alpha value is -2.73. The predicted molar refractivity (Wildman–Crippen MR) is 101 cm³/mol. The van der Waals surface area contributed by atoms with Gasteiger partial charge >= 0.3 is 0 Å². The molecule has 142 valence electrons. The molecule has 3 rings (SSSR count). The highest BCUT2D eigenvalue weighted by Gasteiger charge is 2.39. The van der Waals surface area contributed by atoms with Crippen LogP contribution in [-0.2, 0) is 16.0 Å². The number of benzene rings is 2. The van der Waals surface area contributed by atoms with Crippen molar-refractivity contribution in [1.82, 2.24) is 5.32 Å². The standard InChI is InChI=1S/C21H23FN2O3/c1-2-13-27-17-9-7-16(8-10-17)24-20(25)14-19(21(24)26)23-12-11-15-5-3-4-6-18(15)22/h3-10,19,23H,2,11-14H2,1H3/t19-/m1/s1. The summed E-state index contributed by atoms with van der Waals surface area (Å²) in [5.41, 5.74) is 1.12. The molecular weight excluding hydrogens is 347 g/mol. The van der Waals surface area contributed by atoms with Crippen molar-refractivity contribution in [1.29, 1.82) is 0 Å². The average molecular weight is 370 g/mol. The molecule has 1 heterocycles. The summed E-state index contributed by atoms with van der Waals surface area (Å²) in [6, 6.07) is 12.9. The molecule has 0 bridgehead atoms. The summed E-state index contributed by atoms with van der Waals surface area (Å²) in [6.07, 6.45) is 1.46. The van der Waals surface area contributed by atoms with Crippen LogP contribution in [-0.4, -0.2) is 31.0 Å². The van der Waals surface area contributed by atoms with E-state index in [-0.39, 0.29) is 24.1 Å². The summed E-state index contributed by atoms with van der Waals surface area (Å²) < 4.78 is 19.2. The lowest BCUT2D eigenvalue weighted by molar-refractivity contribution is -0.121. The Balaban J connectivity index is 1.58. The van der Waals surface area contributed by atoms with Gasteiger partial charge in [0.05, 0.1) is 24.8 Å². The van der Waals surface area contributed by atoms with Crippen molar-refractivity contribution >= 4 is 17.5 Å². The highest BCUT2D eigenvalue weighted by Crippen LogP contribution is 2.25. The topological polar surface area (TPSA) is 58.6 Å². The zero-order chi connectivity index (χ0) is 19.2. The molecule has 27 heavy (non-hydrogen) atoms. The number of hydrogen-bond donors (Lipinski definition) is 1. The number of amides is 2. The van der Waals surface area contributed by atoms with Crippen LogP contribution < -0.4 is 15.0 Å². The van der Waals surface area contributed by atoms with Gasteiger partial charge in [-0.1, -0.05) is 25.1 Å². The SMILES string of the molecule is CCCOc1ccc(N2C(=O)C[C@@H](NCCc3ccccc3F)C2=O)cc1. The molecule has 1 N–H and O–H groups in total. The van der Waals surface area contributed by atoms with E-state index in [4.69, 9.17) is 4.74 Å². The highest BCUT2D eigenvalue weighted by molar-refractivity contribution is 6.22. The van der Waals surface area contributed by atoms with Crippen LogP contribution in [0.3, 0.4) is 0 Å². The quantitative estimate of drug-likeness (QED) is 0.726. The van der Waals surface area contributed by atoms with E-state index < -0.39 is 6.04 Å². The van der Waals surface area contributed by atoms with E-state index in [0.717, 1.165) is 6.42 Å². The van der Waals surface area contributed by atoms with Gasteiger partial charge in [-0.25, -0.2) is 9.29 Å². The van der Waals surface area contributed by atoms with Crippen LogP contribution in [0.5, 0.6) is 5.75 Å². The summed E-state index contributed by atoms with van der Waals surface area (Å²) in [4.78, 5) is 26.1. The number of carbonyl (C=O) groups excluding carboxylic acids is 2. The molecular formula is C21H23FN2O3. The Bertz CT molecular complexity index is 807. The number of anilines is 1. The summed E-state index contributed by atoms with van der Waals surface area (Å²) in [6.45, 7) is 3.06. The Morgan fingerprint density at radius 1 is 1.15 bits per heavy atom. The third-order valence-corrected chi connectivity index (χ3v) is 4.46. The zero-order valence-electron chi connectivity index (χ0n) is 15.3. The van der Waals surface area contributed by atoms with Crippen LogP contribution in [0.25, 0.3) is 0 Å². The third-order valence-electron chi connectivity index (χ3n) is 4.46. The molecule has 2 aromatic carbocycles. The van der Waals surface area contributed by atoms with E-state index in [1.165, 1.54) is 11.0 Å². The number of carbonyl (C=O) groups is 2. The first kappa shape index (κ1) is 19.0. The van der Waals surface area contributed by atoms with Gasteiger partial charge in [-0.2, -0.15) is 0 Å². The number of halogens is 1. The number of nitrogens with one attached hydrogen (secondary N) is 1. The van der Waals surface area contributed by atoms with E-state index in [1.807, 2.05) is 6.92 Å². The number of ether oxygens (including phenoxy) is 1. The molecule has 2 aromatic rings. The Kier molecular flexibility index (Phi) is 6.19. The van der Waals surface area contributed by atoms with Crippen LogP contribution in [0.2, 0.25) is 0 Å². The number of rotatable bonds is 8. The number of nitrogens with zero attached hydrogens (tertiary/aromatic N) is 1. The second-order valence-electron chi connectivity index (χ2n) is 6.46. The monoisotopic (exact) mass is 370 g/mol. The van der Waals surface area contributed by atoms with Gasteiger partial charge in [-0.3, -0.25) is 9.59 Å². The lowest BCUT2D eigenvalue weighted by Gasteiger charge is -2.16. The summed E-state index contributed by atoms with van der Waals surface area (Å²) in [7, 11) is 0. The predicted octanol–water partition coefficient (Wildman–Crippen LogP) is 3.08. The summed E-state index contributed by atoms with van der Waals surface area (Å²) in [5.74, 6) is -0.0826. The second-order valence-corrected chi connectivity index (χ2v) is 6.46. The molecule has 0 aromatic heterocycles. The maximum Gasteiger partial charge on any atom is 0.251 e. The molecule has 5 nitrogen and oxygen atoms in total. The van der Waals surface area contributed by atoms with Crippen molar-refractivity contribution in [2.45, 2.75) is 32.2 Å². The normalized spacial score (nSPS) is 16.8. The lowest BCUT2D eigenvalue weighted by atomic mass is 10.1. The van der Waals surface area contributed by atoms with Crippen LogP contribution >= 0.6 is 0 Å². The van der Waals surface area contributed by atoms with Gasteiger partial charge < -0.3 is 10.1 Å². The molecule has 1 saturated heterocycles. The van der Waals surface area contributed by atoms with Crippen molar-refractivity contribution < 1.29 is 18.7 Å². The summed E-state index contributed by atoms with van der Waals surface area (Å²) >= 11 is 0. The van der Waals surface area contributed by atoms with Crippen LogP contribution in [0.4, 0.5) is 10.1 Å². The minimum absolute atomic E-state index is 0.101. The molecule has 1 fully saturated rings. The minimum Gasteiger partial charge on any atom is -0.494 e. The first-order valence-electron chi connectivity index (χ1n) is 9.16. The van der Waals surface area contributed by atoms with Crippen LogP contribution in [0.1, 0.15) is 25.3 Å². The Morgan fingerprint density at radius 3 is 2.59 bits per heavy atom. The van der Waals surface area contributed by atoms with Gasteiger partial charge in [-0.15, -0.1) is 0 Å². The molecule has 0 spiro atoms. The Labute approximate surface area is 158 Å². The molecule has 0 aliphatic carbocycles. The first-order valence-corrected chi connectivity index (χ1v) is 9.16. The van der Waals surface area contributed by atoms with Crippen LogP contribution in [0.15, 0.2) is 48.5 Å². The van der Waals surface area contributed by atoms with Crippen molar-refractivity contribution in [3.63, 3.8) is 0 Å². The van der Waals surface area contributed by atoms with Crippen molar-refractivity contribution in [3.8, 4) is 5.75 Å². The van der Waals surface area contributed by atoms with E-state index in [1.54, 1.807) is 42.5 Å². The molecule has 6 heteroatoms. The van der Waals surface area contributed by atoms with E-state index >= 15 is 0 Å². The largest absolute Gasteiger partial charge is 0.494 e. The highest BCUT2D eigenvalue weighted by atomic mass is 19.1. The lowest BCUT2D eigenvalue weighted by Crippen LogP contribution is -2.39. The van der Waals surface area contributed by atoms with Gasteiger partial charge in [0, 0.05) is 6.54 Å². The number of imide groups is 1. The maximum absolute atomic E-state index is 13.7. The minimum atomic E-state index is -0.583. The van der Waals surface area contributed by atoms with Crippen LogP contribution in [0, 0.1) is 5.82 Å². The zero-order valence-corrected chi connectivity index (χ0v) is 15.3. The smallest absolute Gasteiger partial charge is 0.251 e. The average Bonchev–Trinajstić information content (AvgIpc) is 2.95. The third kappa shape index (κ3) is 4.52. The van der Waals surface area contributed by atoms with Gasteiger partial charge in [0.15, 0.2) is 0 Å². The molecule has 1 aliphatic rings. The van der Waals surface area contributed by atoms with E-state index in [9.17, 15) is 14.0 Å². The van der Waals surface area contributed by atoms with E-state index in [0.29, 0.717) is 36.6 Å². The fourth-order valence-electron chi connectivity index (χ4n) is 3.06. The van der Waals surface area contributed by atoms with Crippen molar-refractivity contribution in [2.24, 2.45) is 0 Å². The second kappa shape index (κ2) is 8.77. The molecule has 0 radical (unpaired) electrons. The van der Waals surface area contributed by atoms with Gasteiger partial charge in [0.25, 0.3) is 5.91 Å². The van der Waals surface area contributed by atoms with Crippen molar-refractivity contribution in [2.75, 3.05) is 18.1 Å². The summed E-state index contributed by atoms with van der Waals surface area (Å²) in [5, 5.41) is 3.07. The molecule has 0 saturated carbocycles. The molecule has 1 atom stereocenters. The van der Waals surface area contributed by atoms with Gasteiger partial charge in [0.1, 0.15) is 11.6 Å². The van der Waals surface area contributed by atoms with Gasteiger partial charge in [-0.05, 0) is 48.7 Å². The maximum atomic E-state index is 13.7. The Morgan fingerprint density at radius 2 is 1.89 bits per heavy atom. The van der Waals surface area contributed by atoms with Crippen molar-refractivity contribution in [3.05, 3.63) is 59.9 Å². The van der Waals surface area contributed by atoms with E-state index in [2.05, 4.69) is 5.32 Å².